The standard InChI is InChI=1S/C8H12BrNO2/c1-6(9)5-7(2)10-3-4-12-8(10)11/h3-4,6-7H,5H2,1-2H3. The quantitative estimate of drug-likeness (QED) is 0.751. The molecule has 0 aliphatic heterocycles. The fraction of sp³-hybridized carbons (Fsp3) is 0.625. The van der Waals surface area contributed by atoms with Gasteiger partial charge in [0.15, 0.2) is 0 Å². The minimum atomic E-state index is -0.282. The van der Waals surface area contributed by atoms with Gasteiger partial charge in [0, 0.05) is 17.1 Å². The van der Waals surface area contributed by atoms with Crippen LogP contribution in [0.2, 0.25) is 0 Å². The van der Waals surface area contributed by atoms with Gasteiger partial charge in [0.25, 0.3) is 0 Å². The Labute approximate surface area is 79.5 Å². The number of rotatable bonds is 3. The number of hydrogen-bond donors (Lipinski definition) is 0. The zero-order chi connectivity index (χ0) is 9.14. The summed E-state index contributed by atoms with van der Waals surface area (Å²) >= 11 is 3.44. The summed E-state index contributed by atoms with van der Waals surface area (Å²) in [4.78, 5) is 11.4. The van der Waals surface area contributed by atoms with Gasteiger partial charge in [-0.25, -0.2) is 4.79 Å². The van der Waals surface area contributed by atoms with Crippen LogP contribution in [0.25, 0.3) is 0 Å². The van der Waals surface area contributed by atoms with Crippen LogP contribution in [0.4, 0.5) is 0 Å². The van der Waals surface area contributed by atoms with Gasteiger partial charge in [0.1, 0.15) is 6.26 Å². The van der Waals surface area contributed by atoms with Gasteiger partial charge in [-0.1, -0.05) is 22.9 Å². The summed E-state index contributed by atoms with van der Waals surface area (Å²) in [6.07, 6.45) is 4.00. The summed E-state index contributed by atoms with van der Waals surface area (Å²) in [6.45, 7) is 4.05. The zero-order valence-electron chi connectivity index (χ0n) is 7.16. The Morgan fingerprint density at radius 1 is 1.67 bits per heavy atom. The van der Waals surface area contributed by atoms with Gasteiger partial charge in [0.05, 0.1) is 0 Å². The van der Waals surface area contributed by atoms with E-state index in [1.54, 1.807) is 10.8 Å². The van der Waals surface area contributed by atoms with E-state index in [9.17, 15) is 4.79 Å². The molecule has 0 aromatic carbocycles. The molecule has 0 aliphatic rings. The molecule has 0 spiro atoms. The average Bonchev–Trinajstić information content (AvgIpc) is 2.33. The van der Waals surface area contributed by atoms with E-state index >= 15 is 0 Å². The normalized spacial score (nSPS) is 15.9. The lowest BCUT2D eigenvalue weighted by atomic mass is 10.2. The van der Waals surface area contributed by atoms with Crippen LogP contribution in [-0.4, -0.2) is 9.39 Å². The first-order chi connectivity index (χ1) is 5.61. The molecule has 0 aliphatic carbocycles. The van der Waals surface area contributed by atoms with Gasteiger partial charge in [-0.15, -0.1) is 0 Å². The summed E-state index contributed by atoms with van der Waals surface area (Å²) in [6, 6.07) is 0.186. The number of nitrogens with zero attached hydrogens (tertiary/aromatic N) is 1. The van der Waals surface area contributed by atoms with Crippen molar-refractivity contribution in [1.29, 1.82) is 0 Å². The first kappa shape index (κ1) is 9.58. The van der Waals surface area contributed by atoms with E-state index in [2.05, 4.69) is 27.3 Å². The van der Waals surface area contributed by atoms with Gasteiger partial charge in [-0.2, -0.15) is 0 Å². The van der Waals surface area contributed by atoms with E-state index in [1.165, 1.54) is 6.26 Å². The predicted molar refractivity (Wildman–Crippen MR) is 50.7 cm³/mol. The van der Waals surface area contributed by atoms with Crippen molar-refractivity contribution < 1.29 is 4.42 Å². The Balaban J connectivity index is 2.71. The van der Waals surface area contributed by atoms with Crippen LogP contribution in [0, 0.1) is 0 Å². The van der Waals surface area contributed by atoms with Crippen molar-refractivity contribution in [1.82, 2.24) is 4.57 Å². The van der Waals surface area contributed by atoms with E-state index in [-0.39, 0.29) is 11.8 Å². The first-order valence-electron chi connectivity index (χ1n) is 3.91. The Morgan fingerprint density at radius 2 is 2.33 bits per heavy atom. The molecule has 0 N–H and O–H groups in total. The fourth-order valence-electron chi connectivity index (χ4n) is 1.19. The van der Waals surface area contributed by atoms with Crippen molar-refractivity contribution in [2.75, 3.05) is 0 Å². The highest BCUT2D eigenvalue weighted by Crippen LogP contribution is 2.15. The average molecular weight is 234 g/mol. The van der Waals surface area contributed by atoms with Crippen LogP contribution < -0.4 is 5.76 Å². The van der Waals surface area contributed by atoms with Crippen LogP contribution in [0.3, 0.4) is 0 Å². The largest absolute Gasteiger partial charge is 0.419 e. The molecular weight excluding hydrogens is 222 g/mol. The Bertz CT molecular complexity index is 289. The minimum absolute atomic E-state index is 0.186. The number of oxazole rings is 1. The number of aromatic nitrogens is 1. The molecule has 0 amide bonds. The molecule has 1 rings (SSSR count). The second-order valence-corrected chi connectivity index (χ2v) is 4.50. The third kappa shape index (κ3) is 2.24. The second-order valence-electron chi connectivity index (χ2n) is 2.94. The van der Waals surface area contributed by atoms with Crippen molar-refractivity contribution in [3.8, 4) is 0 Å². The lowest BCUT2D eigenvalue weighted by Crippen LogP contribution is -2.19. The summed E-state index contributed by atoms with van der Waals surface area (Å²) in [5, 5.41) is 0. The zero-order valence-corrected chi connectivity index (χ0v) is 8.74. The van der Waals surface area contributed by atoms with Crippen LogP contribution >= 0.6 is 15.9 Å². The fourth-order valence-corrected chi connectivity index (χ4v) is 1.73. The molecule has 0 fully saturated rings. The molecule has 3 nitrogen and oxygen atoms in total. The first-order valence-corrected chi connectivity index (χ1v) is 4.82. The highest BCUT2D eigenvalue weighted by atomic mass is 79.9. The van der Waals surface area contributed by atoms with Crippen molar-refractivity contribution >= 4 is 15.9 Å². The molecule has 0 radical (unpaired) electrons. The van der Waals surface area contributed by atoms with Crippen molar-refractivity contribution in [2.45, 2.75) is 31.1 Å². The summed E-state index contributed by atoms with van der Waals surface area (Å²) in [5.41, 5.74) is 0. The van der Waals surface area contributed by atoms with Gasteiger partial charge in [0.2, 0.25) is 0 Å². The van der Waals surface area contributed by atoms with Gasteiger partial charge in [-0.3, -0.25) is 4.57 Å². The maximum absolute atomic E-state index is 11.0. The molecule has 0 saturated carbocycles. The van der Waals surface area contributed by atoms with E-state index in [1.807, 2.05) is 6.92 Å². The van der Waals surface area contributed by atoms with Crippen LogP contribution in [0.15, 0.2) is 21.7 Å². The smallest absolute Gasteiger partial charge is 0.416 e. The molecule has 1 heterocycles. The van der Waals surface area contributed by atoms with Gasteiger partial charge < -0.3 is 4.42 Å². The Kier molecular flexibility index (Phi) is 3.14. The van der Waals surface area contributed by atoms with E-state index in [0.29, 0.717) is 4.83 Å². The molecule has 1 aromatic heterocycles. The number of hydrogen-bond acceptors (Lipinski definition) is 2. The predicted octanol–water partition coefficient (Wildman–Crippen LogP) is 2.18. The maximum Gasteiger partial charge on any atom is 0.419 e. The third-order valence-electron chi connectivity index (χ3n) is 1.74. The molecule has 1 aromatic rings. The van der Waals surface area contributed by atoms with Crippen LogP contribution in [0.5, 0.6) is 0 Å². The Hall–Kier alpha value is -0.510. The molecule has 4 heteroatoms. The van der Waals surface area contributed by atoms with Gasteiger partial charge >= 0.3 is 5.76 Å². The van der Waals surface area contributed by atoms with Crippen molar-refractivity contribution in [3.05, 3.63) is 23.0 Å². The van der Waals surface area contributed by atoms with E-state index in [4.69, 9.17) is 0 Å². The molecular formula is C8H12BrNO2. The summed E-state index contributed by atoms with van der Waals surface area (Å²) in [5.74, 6) is -0.282. The highest BCUT2D eigenvalue weighted by Gasteiger charge is 2.10. The lowest BCUT2D eigenvalue weighted by Gasteiger charge is -2.12. The topological polar surface area (TPSA) is 35.1 Å². The van der Waals surface area contributed by atoms with Crippen LogP contribution in [0.1, 0.15) is 26.3 Å². The lowest BCUT2D eigenvalue weighted by molar-refractivity contribution is 0.427. The maximum atomic E-state index is 11.0. The Morgan fingerprint density at radius 3 is 2.75 bits per heavy atom. The van der Waals surface area contributed by atoms with Crippen molar-refractivity contribution in [2.24, 2.45) is 0 Å². The summed E-state index contributed by atoms with van der Waals surface area (Å²) < 4.78 is 6.25. The third-order valence-corrected chi connectivity index (χ3v) is 2.12. The number of halogens is 1. The molecule has 2 unspecified atom stereocenters. The van der Waals surface area contributed by atoms with E-state index in [0.717, 1.165) is 6.42 Å². The monoisotopic (exact) mass is 233 g/mol. The highest BCUT2D eigenvalue weighted by molar-refractivity contribution is 9.09. The van der Waals surface area contributed by atoms with Gasteiger partial charge in [-0.05, 0) is 13.3 Å². The van der Waals surface area contributed by atoms with Crippen LogP contribution in [-0.2, 0) is 0 Å². The summed E-state index contributed by atoms with van der Waals surface area (Å²) in [7, 11) is 0. The number of alkyl halides is 1. The molecule has 68 valence electrons. The van der Waals surface area contributed by atoms with Crippen molar-refractivity contribution in [3.63, 3.8) is 0 Å². The molecule has 12 heavy (non-hydrogen) atoms. The van der Waals surface area contributed by atoms with E-state index < -0.39 is 0 Å². The molecule has 0 bridgehead atoms. The second kappa shape index (κ2) is 3.94. The minimum Gasteiger partial charge on any atom is -0.416 e. The SMILES string of the molecule is CC(Br)CC(C)n1ccoc1=O. The molecule has 2 atom stereocenters. The molecule has 0 saturated heterocycles.